The molecule has 0 radical (unpaired) electrons. The van der Waals surface area contributed by atoms with Gasteiger partial charge in [0, 0.05) is 24.5 Å². The Labute approximate surface area is 131 Å². The lowest BCUT2D eigenvalue weighted by Crippen LogP contribution is -2.18. The summed E-state index contributed by atoms with van der Waals surface area (Å²) in [5, 5.41) is 6.28. The van der Waals surface area contributed by atoms with Crippen molar-refractivity contribution in [3.63, 3.8) is 0 Å². The minimum absolute atomic E-state index is 0.0423. The fourth-order valence-electron chi connectivity index (χ4n) is 3.16. The van der Waals surface area contributed by atoms with E-state index in [1.165, 1.54) is 0 Å². The van der Waals surface area contributed by atoms with Gasteiger partial charge in [-0.3, -0.25) is 4.79 Å². The van der Waals surface area contributed by atoms with E-state index >= 15 is 0 Å². The number of anilines is 1. The van der Waals surface area contributed by atoms with Gasteiger partial charge >= 0.3 is 0 Å². The Morgan fingerprint density at radius 1 is 1.50 bits per heavy atom. The number of nitrogens with one attached hydrogen (secondary N) is 2. The van der Waals surface area contributed by atoms with Gasteiger partial charge in [-0.05, 0) is 45.3 Å². The molecule has 5 heteroatoms. The Balaban J connectivity index is 1.73. The minimum Gasteiger partial charge on any atom is -0.492 e. The lowest BCUT2D eigenvalue weighted by Gasteiger charge is -2.14. The average Bonchev–Trinajstić information content (AvgIpc) is 3.07. The first kappa shape index (κ1) is 15.2. The van der Waals surface area contributed by atoms with Gasteiger partial charge in [0.05, 0.1) is 12.3 Å². The van der Waals surface area contributed by atoms with Crippen molar-refractivity contribution >= 4 is 11.6 Å². The number of fused-ring (bicyclic) bond motifs is 1. The van der Waals surface area contributed by atoms with E-state index in [-0.39, 0.29) is 12.0 Å². The summed E-state index contributed by atoms with van der Waals surface area (Å²) in [6, 6.07) is 3.89. The van der Waals surface area contributed by atoms with Gasteiger partial charge in [0.25, 0.3) is 0 Å². The molecular formula is C17H24N2O3. The molecule has 5 nitrogen and oxygen atoms in total. The topological polar surface area (TPSA) is 59.6 Å². The fourth-order valence-corrected chi connectivity index (χ4v) is 3.16. The van der Waals surface area contributed by atoms with Crippen LogP contribution in [0.1, 0.15) is 32.3 Å². The molecule has 1 saturated heterocycles. The number of carbonyl (C=O) groups is 1. The Morgan fingerprint density at radius 2 is 2.36 bits per heavy atom. The molecule has 1 amide bonds. The second-order valence-corrected chi connectivity index (χ2v) is 6.13. The van der Waals surface area contributed by atoms with Crippen LogP contribution in [0.3, 0.4) is 0 Å². The van der Waals surface area contributed by atoms with Crippen LogP contribution < -0.4 is 20.1 Å². The Bertz CT molecular complexity index is 553. The molecule has 22 heavy (non-hydrogen) atoms. The predicted molar refractivity (Wildman–Crippen MR) is 85.6 cm³/mol. The summed E-state index contributed by atoms with van der Waals surface area (Å²) in [5.41, 5.74) is 1.86. The van der Waals surface area contributed by atoms with Crippen LogP contribution in [0.2, 0.25) is 0 Å². The molecule has 2 unspecified atom stereocenters. The highest BCUT2D eigenvalue weighted by Gasteiger charge is 2.23. The monoisotopic (exact) mass is 304 g/mol. The van der Waals surface area contributed by atoms with Crippen molar-refractivity contribution in [1.29, 1.82) is 0 Å². The van der Waals surface area contributed by atoms with Gasteiger partial charge in [-0.25, -0.2) is 0 Å². The summed E-state index contributed by atoms with van der Waals surface area (Å²) in [6.45, 7) is 6.50. The summed E-state index contributed by atoms with van der Waals surface area (Å²) in [5.74, 6) is 2.06. The first-order chi connectivity index (χ1) is 10.7. The highest BCUT2D eigenvalue weighted by molar-refractivity contribution is 5.93. The van der Waals surface area contributed by atoms with Crippen molar-refractivity contribution in [2.24, 2.45) is 5.92 Å². The molecule has 2 atom stereocenters. The van der Waals surface area contributed by atoms with Crippen LogP contribution in [0.15, 0.2) is 12.1 Å². The number of ether oxygens (including phenoxy) is 2. The third-order valence-electron chi connectivity index (χ3n) is 4.21. The molecule has 3 rings (SSSR count). The van der Waals surface area contributed by atoms with Gasteiger partial charge in [0.2, 0.25) is 5.91 Å². The molecule has 1 fully saturated rings. The first-order valence-corrected chi connectivity index (χ1v) is 8.12. The number of hydrogen-bond donors (Lipinski definition) is 2. The summed E-state index contributed by atoms with van der Waals surface area (Å²) < 4.78 is 11.5. The quantitative estimate of drug-likeness (QED) is 0.876. The third kappa shape index (κ3) is 3.35. The molecule has 2 aliphatic heterocycles. The molecule has 0 aliphatic carbocycles. The lowest BCUT2D eigenvalue weighted by molar-refractivity contribution is -0.117. The van der Waals surface area contributed by atoms with Crippen molar-refractivity contribution in [2.45, 2.75) is 39.2 Å². The van der Waals surface area contributed by atoms with E-state index in [1.54, 1.807) is 0 Å². The predicted octanol–water partition coefficient (Wildman–Crippen LogP) is 2.35. The molecule has 1 aromatic rings. The van der Waals surface area contributed by atoms with Crippen LogP contribution in [-0.2, 0) is 11.2 Å². The van der Waals surface area contributed by atoms with Crippen molar-refractivity contribution in [1.82, 2.24) is 5.32 Å². The zero-order chi connectivity index (χ0) is 15.5. The van der Waals surface area contributed by atoms with E-state index in [0.717, 1.165) is 43.0 Å². The summed E-state index contributed by atoms with van der Waals surface area (Å²) in [6.07, 6.45) is 2.68. The normalized spacial score (nSPS) is 23.0. The van der Waals surface area contributed by atoms with Crippen molar-refractivity contribution in [3.8, 4) is 11.5 Å². The molecule has 0 bridgehead atoms. The molecule has 1 aromatic carbocycles. The standard InChI is InChI=1S/C17H24N2O3/c1-3-21-16-8-13-6-11(2)22-15(13)9-14(16)19-17(20)7-12-4-5-18-10-12/h8-9,11-12,18H,3-7,10H2,1-2H3,(H,19,20). The van der Waals surface area contributed by atoms with Gasteiger partial charge in [-0.2, -0.15) is 0 Å². The average molecular weight is 304 g/mol. The van der Waals surface area contributed by atoms with E-state index in [0.29, 0.717) is 24.6 Å². The number of rotatable bonds is 5. The smallest absolute Gasteiger partial charge is 0.224 e. The molecule has 0 spiro atoms. The van der Waals surface area contributed by atoms with Crippen molar-refractivity contribution in [2.75, 3.05) is 25.0 Å². The number of benzene rings is 1. The molecule has 2 N–H and O–H groups in total. The fraction of sp³-hybridized carbons (Fsp3) is 0.588. The molecule has 0 saturated carbocycles. The highest BCUT2D eigenvalue weighted by Crippen LogP contribution is 2.38. The summed E-state index contributed by atoms with van der Waals surface area (Å²) in [7, 11) is 0. The van der Waals surface area contributed by atoms with Crippen LogP contribution in [0.5, 0.6) is 11.5 Å². The molecule has 2 heterocycles. The van der Waals surface area contributed by atoms with Crippen LogP contribution in [0.4, 0.5) is 5.69 Å². The number of carbonyl (C=O) groups excluding carboxylic acids is 1. The van der Waals surface area contributed by atoms with Gasteiger partial charge in [0.1, 0.15) is 17.6 Å². The minimum atomic E-state index is 0.0423. The maximum absolute atomic E-state index is 12.3. The molecule has 120 valence electrons. The number of amides is 1. The SMILES string of the molecule is CCOc1cc2c(cc1NC(=O)CC1CCNC1)OC(C)C2. The Morgan fingerprint density at radius 3 is 3.09 bits per heavy atom. The van der Waals surface area contributed by atoms with Crippen LogP contribution >= 0.6 is 0 Å². The van der Waals surface area contributed by atoms with E-state index in [1.807, 2.05) is 26.0 Å². The Hall–Kier alpha value is -1.75. The van der Waals surface area contributed by atoms with Crippen molar-refractivity contribution in [3.05, 3.63) is 17.7 Å². The second kappa shape index (κ2) is 6.57. The van der Waals surface area contributed by atoms with Gasteiger partial charge in [-0.15, -0.1) is 0 Å². The van der Waals surface area contributed by atoms with E-state index in [9.17, 15) is 4.79 Å². The van der Waals surface area contributed by atoms with Crippen molar-refractivity contribution < 1.29 is 14.3 Å². The van der Waals surface area contributed by atoms with E-state index in [2.05, 4.69) is 10.6 Å². The second-order valence-electron chi connectivity index (χ2n) is 6.13. The zero-order valence-corrected chi connectivity index (χ0v) is 13.3. The molecular weight excluding hydrogens is 280 g/mol. The largest absolute Gasteiger partial charge is 0.492 e. The maximum atomic E-state index is 12.3. The molecule has 0 aromatic heterocycles. The van der Waals surface area contributed by atoms with Crippen LogP contribution in [0.25, 0.3) is 0 Å². The molecule has 2 aliphatic rings. The van der Waals surface area contributed by atoms with Gasteiger partial charge < -0.3 is 20.1 Å². The van der Waals surface area contributed by atoms with Gasteiger partial charge in [0.15, 0.2) is 0 Å². The van der Waals surface area contributed by atoms with E-state index in [4.69, 9.17) is 9.47 Å². The summed E-state index contributed by atoms with van der Waals surface area (Å²) in [4.78, 5) is 12.3. The highest BCUT2D eigenvalue weighted by atomic mass is 16.5. The number of hydrogen-bond acceptors (Lipinski definition) is 4. The Kier molecular flexibility index (Phi) is 4.52. The lowest BCUT2D eigenvalue weighted by atomic mass is 10.0. The van der Waals surface area contributed by atoms with Crippen LogP contribution in [0, 0.1) is 5.92 Å². The zero-order valence-electron chi connectivity index (χ0n) is 13.3. The first-order valence-electron chi connectivity index (χ1n) is 8.12. The third-order valence-corrected chi connectivity index (χ3v) is 4.21. The van der Waals surface area contributed by atoms with Crippen LogP contribution in [-0.4, -0.2) is 31.7 Å². The van der Waals surface area contributed by atoms with E-state index < -0.39 is 0 Å². The summed E-state index contributed by atoms with van der Waals surface area (Å²) >= 11 is 0. The van der Waals surface area contributed by atoms with Gasteiger partial charge in [-0.1, -0.05) is 0 Å². The maximum Gasteiger partial charge on any atom is 0.224 e.